The Morgan fingerprint density at radius 1 is 1.39 bits per heavy atom. The maximum absolute atomic E-state index is 11.4. The predicted octanol–water partition coefficient (Wildman–Crippen LogP) is 2.26. The summed E-state index contributed by atoms with van der Waals surface area (Å²) in [4.78, 5) is 13.6. The molecule has 1 rings (SSSR count). The van der Waals surface area contributed by atoms with Gasteiger partial charge in [-0.05, 0) is 39.2 Å². The maximum Gasteiger partial charge on any atom is 0.320 e. The van der Waals surface area contributed by atoms with Crippen molar-refractivity contribution < 1.29 is 15.0 Å². The van der Waals surface area contributed by atoms with Crippen molar-refractivity contribution in [1.29, 1.82) is 0 Å². The normalized spacial score (nSPS) is 25.4. The first-order valence-corrected chi connectivity index (χ1v) is 7.22. The van der Waals surface area contributed by atoms with Gasteiger partial charge in [-0.1, -0.05) is 26.2 Å². The number of aliphatic carboxylic acids is 1. The molecular weight excluding hydrogens is 230 g/mol. The van der Waals surface area contributed by atoms with Crippen LogP contribution in [0.3, 0.4) is 0 Å². The summed E-state index contributed by atoms with van der Waals surface area (Å²) in [5.74, 6) is -0.714. The number of hydrogen-bond acceptors (Lipinski definition) is 3. The first-order valence-electron chi connectivity index (χ1n) is 7.22. The van der Waals surface area contributed by atoms with E-state index >= 15 is 0 Å². The van der Waals surface area contributed by atoms with E-state index in [2.05, 4.69) is 4.90 Å². The molecule has 0 spiro atoms. The second-order valence-electron chi connectivity index (χ2n) is 5.47. The van der Waals surface area contributed by atoms with Crippen LogP contribution in [0.25, 0.3) is 0 Å². The first kappa shape index (κ1) is 15.4. The van der Waals surface area contributed by atoms with Gasteiger partial charge >= 0.3 is 5.97 Å². The van der Waals surface area contributed by atoms with E-state index in [-0.39, 0.29) is 18.2 Å². The highest BCUT2D eigenvalue weighted by Gasteiger charge is 2.31. The number of carbonyl (C=O) groups is 1. The minimum Gasteiger partial charge on any atom is -0.480 e. The molecule has 0 aromatic carbocycles. The molecule has 1 aliphatic heterocycles. The van der Waals surface area contributed by atoms with E-state index < -0.39 is 5.97 Å². The van der Waals surface area contributed by atoms with E-state index in [0.717, 1.165) is 32.2 Å². The Labute approximate surface area is 110 Å². The zero-order valence-corrected chi connectivity index (χ0v) is 11.6. The minimum absolute atomic E-state index is 0.222. The van der Waals surface area contributed by atoms with Crippen LogP contribution < -0.4 is 0 Å². The fraction of sp³-hybridized carbons (Fsp3) is 0.929. The molecule has 0 radical (unpaired) electrons. The fourth-order valence-corrected chi connectivity index (χ4v) is 2.96. The number of nitrogens with zero attached hydrogens (tertiary/aromatic N) is 1. The van der Waals surface area contributed by atoms with Crippen molar-refractivity contribution in [1.82, 2.24) is 4.90 Å². The van der Waals surface area contributed by atoms with Gasteiger partial charge in [0.15, 0.2) is 0 Å². The SMILES string of the molecule is CCCC(C(=O)O)N1CCCCCC1CC(C)O. The van der Waals surface area contributed by atoms with Crippen molar-refractivity contribution in [3.05, 3.63) is 0 Å². The molecule has 3 unspecified atom stereocenters. The lowest BCUT2D eigenvalue weighted by molar-refractivity contribution is -0.145. The van der Waals surface area contributed by atoms with Crippen molar-refractivity contribution in [3.8, 4) is 0 Å². The minimum atomic E-state index is -0.714. The number of carboxylic acid groups (broad SMARTS) is 1. The topological polar surface area (TPSA) is 60.8 Å². The molecule has 1 fully saturated rings. The standard InChI is InChI=1S/C14H27NO3/c1-3-7-13(14(17)18)15-9-6-4-5-8-12(15)10-11(2)16/h11-13,16H,3-10H2,1-2H3,(H,17,18). The monoisotopic (exact) mass is 257 g/mol. The Morgan fingerprint density at radius 3 is 2.67 bits per heavy atom. The number of carboxylic acids is 1. The van der Waals surface area contributed by atoms with Gasteiger partial charge in [-0.15, -0.1) is 0 Å². The Kier molecular flexibility index (Phi) is 6.65. The highest BCUT2D eigenvalue weighted by atomic mass is 16.4. The molecule has 0 amide bonds. The third-order valence-electron chi connectivity index (χ3n) is 3.78. The van der Waals surface area contributed by atoms with Gasteiger partial charge in [-0.3, -0.25) is 9.69 Å². The summed E-state index contributed by atoms with van der Waals surface area (Å²) in [5, 5.41) is 19.0. The van der Waals surface area contributed by atoms with Gasteiger partial charge in [0.05, 0.1) is 6.10 Å². The van der Waals surface area contributed by atoms with Crippen LogP contribution in [-0.4, -0.2) is 45.8 Å². The molecule has 0 aromatic rings. The second-order valence-corrected chi connectivity index (χ2v) is 5.47. The third kappa shape index (κ3) is 4.58. The Balaban J connectivity index is 2.78. The van der Waals surface area contributed by atoms with Crippen LogP contribution in [0.5, 0.6) is 0 Å². The van der Waals surface area contributed by atoms with E-state index in [0.29, 0.717) is 12.8 Å². The molecule has 2 N–H and O–H groups in total. The zero-order chi connectivity index (χ0) is 13.5. The second kappa shape index (κ2) is 7.74. The van der Waals surface area contributed by atoms with Crippen LogP contribution in [0.2, 0.25) is 0 Å². The Hall–Kier alpha value is -0.610. The van der Waals surface area contributed by atoms with Gasteiger partial charge in [-0.2, -0.15) is 0 Å². The van der Waals surface area contributed by atoms with Crippen LogP contribution in [0.1, 0.15) is 58.8 Å². The van der Waals surface area contributed by atoms with Crippen LogP contribution in [0.4, 0.5) is 0 Å². The van der Waals surface area contributed by atoms with Crippen LogP contribution >= 0.6 is 0 Å². The van der Waals surface area contributed by atoms with Crippen LogP contribution in [-0.2, 0) is 4.79 Å². The van der Waals surface area contributed by atoms with E-state index in [1.165, 1.54) is 6.42 Å². The molecule has 1 heterocycles. The summed E-state index contributed by atoms with van der Waals surface area (Å²) in [5.41, 5.74) is 0. The van der Waals surface area contributed by atoms with Gasteiger partial charge in [0, 0.05) is 6.04 Å². The molecule has 0 bridgehead atoms. The summed E-state index contributed by atoms with van der Waals surface area (Å²) in [6.07, 6.45) is 6.32. The number of likely N-dealkylation sites (tertiary alicyclic amines) is 1. The maximum atomic E-state index is 11.4. The number of rotatable bonds is 6. The van der Waals surface area contributed by atoms with Crippen LogP contribution in [0, 0.1) is 0 Å². The molecular formula is C14H27NO3. The van der Waals surface area contributed by atoms with E-state index in [4.69, 9.17) is 0 Å². The van der Waals surface area contributed by atoms with Crippen molar-refractivity contribution in [3.63, 3.8) is 0 Å². The molecule has 1 aliphatic rings. The molecule has 1 saturated heterocycles. The summed E-state index contributed by atoms with van der Waals surface area (Å²) in [6.45, 7) is 4.67. The molecule has 3 atom stereocenters. The van der Waals surface area contributed by atoms with Gasteiger partial charge in [-0.25, -0.2) is 0 Å². The zero-order valence-electron chi connectivity index (χ0n) is 11.6. The number of aliphatic hydroxyl groups excluding tert-OH is 1. The van der Waals surface area contributed by atoms with Gasteiger partial charge in [0.1, 0.15) is 6.04 Å². The van der Waals surface area contributed by atoms with E-state index in [1.807, 2.05) is 6.92 Å². The van der Waals surface area contributed by atoms with E-state index in [9.17, 15) is 15.0 Å². The highest BCUT2D eigenvalue weighted by Crippen LogP contribution is 2.24. The quantitative estimate of drug-likeness (QED) is 0.766. The Bertz CT molecular complexity index is 255. The summed E-state index contributed by atoms with van der Waals surface area (Å²) < 4.78 is 0. The van der Waals surface area contributed by atoms with Gasteiger partial charge in [0.25, 0.3) is 0 Å². The molecule has 4 nitrogen and oxygen atoms in total. The fourth-order valence-electron chi connectivity index (χ4n) is 2.96. The lowest BCUT2D eigenvalue weighted by atomic mass is 10.0. The summed E-state index contributed by atoms with van der Waals surface area (Å²) in [7, 11) is 0. The van der Waals surface area contributed by atoms with E-state index in [1.54, 1.807) is 6.92 Å². The highest BCUT2D eigenvalue weighted by molar-refractivity contribution is 5.73. The van der Waals surface area contributed by atoms with Gasteiger partial charge < -0.3 is 10.2 Å². The first-order chi connectivity index (χ1) is 8.56. The molecule has 18 heavy (non-hydrogen) atoms. The predicted molar refractivity (Wildman–Crippen MR) is 71.6 cm³/mol. The van der Waals surface area contributed by atoms with Crippen molar-refractivity contribution in [2.75, 3.05) is 6.54 Å². The third-order valence-corrected chi connectivity index (χ3v) is 3.78. The van der Waals surface area contributed by atoms with Crippen molar-refractivity contribution in [2.24, 2.45) is 0 Å². The molecule has 0 aliphatic carbocycles. The van der Waals surface area contributed by atoms with Crippen LogP contribution in [0.15, 0.2) is 0 Å². The summed E-state index contributed by atoms with van der Waals surface area (Å²) in [6, 6.07) is -0.156. The summed E-state index contributed by atoms with van der Waals surface area (Å²) >= 11 is 0. The Morgan fingerprint density at radius 2 is 2.11 bits per heavy atom. The van der Waals surface area contributed by atoms with Gasteiger partial charge in [0.2, 0.25) is 0 Å². The molecule has 0 aromatic heterocycles. The largest absolute Gasteiger partial charge is 0.480 e. The van der Waals surface area contributed by atoms with Crippen molar-refractivity contribution >= 4 is 5.97 Å². The molecule has 106 valence electrons. The van der Waals surface area contributed by atoms with Crippen molar-refractivity contribution in [2.45, 2.75) is 77.0 Å². The average Bonchev–Trinajstić information content (AvgIpc) is 2.50. The lowest BCUT2D eigenvalue weighted by Crippen LogP contribution is -2.48. The lowest BCUT2D eigenvalue weighted by Gasteiger charge is -2.35. The molecule has 4 heteroatoms. The number of hydrogen-bond donors (Lipinski definition) is 2. The smallest absolute Gasteiger partial charge is 0.320 e. The molecule has 0 saturated carbocycles. The average molecular weight is 257 g/mol. The number of aliphatic hydroxyl groups is 1.